The molecule has 0 aliphatic carbocycles. The van der Waals surface area contributed by atoms with Gasteiger partial charge < -0.3 is 9.47 Å². The van der Waals surface area contributed by atoms with Crippen LogP contribution in [0.1, 0.15) is 34.6 Å². The predicted octanol–water partition coefficient (Wildman–Crippen LogP) is 2.18. The number of hydrogen-bond donors (Lipinski definition) is 0. The van der Waals surface area contributed by atoms with Crippen LogP contribution in [0.15, 0.2) is 0 Å². The van der Waals surface area contributed by atoms with E-state index < -0.39 is 0 Å². The highest BCUT2D eigenvalue weighted by Crippen LogP contribution is 2.32. The van der Waals surface area contributed by atoms with E-state index in [9.17, 15) is 0 Å². The molecule has 1 fully saturated rings. The first kappa shape index (κ1) is 9.01. The first-order valence-corrected chi connectivity index (χ1v) is 4.22. The lowest BCUT2D eigenvalue weighted by molar-refractivity contribution is -0.0642. The van der Waals surface area contributed by atoms with Crippen molar-refractivity contribution in [2.75, 3.05) is 0 Å². The van der Waals surface area contributed by atoms with Crippen LogP contribution in [-0.2, 0) is 9.47 Å². The smallest absolute Gasteiger partial charge is 0.155 e. The largest absolute Gasteiger partial charge is 0.347 e. The zero-order valence-corrected chi connectivity index (χ0v) is 8.05. The Kier molecular flexibility index (Phi) is 2.26. The third-order valence-corrected chi connectivity index (χ3v) is 2.02. The molecule has 11 heavy (non-hydrogen) atoms. The Morgan fingerprint density at radius 1 is 1.00 bits per heavy atom. The zero-order chi connectivity index (χ0) is 8.65. The topological polar surface area (TPSA) is 18.5 Å². The molecule has 0 aromatic heterocycles. The van der Waals surface area contributed by atoms with Crippen LogP contribution in [-0.4, -0.2) is 18.5 Å². The first-order chi connectivity index (χ1) is 4.91. The average molecular weight is 158 g/mol. The molecule has 1 aliphatic heterocycles. The van der Waals surface area contributed by atoms with Gasteiger partial charge in [-0.25, -0.2) is 0 Å². The van der Waals surface area contributed by atoms with Crippen LogP contribution in [0.25, 0.3) is 0 Å². The highest BCUT2D eigenvalue weighted by molar-refractivity contribution is 4.83. The predicted molar refractivity (Wildman–Crippen MR) is 44.3 cm³/mol. The molecular weight excluding hydrogens is 140 g/mol. The van der Waals surface area contributed by atoms with E-state index in [1.165, 1.54) is 0 Å². The molecule has 3 atom stereocenters. The molecule has 2 heteroatoms. The molecule has 0 bridgehead atoms. The van der Waals surface area contributed by atoms with Gasteiger partial charge in [-0.3, -0.25) is 0 Å². The van der Waals surface area contributed by atoms with Gasteiger partial charge in [0.2, 0.25) is 0 Å². The summed E-state index contributed by atoms with van der Waals surface area (Å²) in [5, 5.41) is 0. The molecule has 0 N–H and O–H groups in total. The standard InChI is InChI=1S/C9H18O2/c1-6-8(9(3,4)5)11-7(2)10-6/h6-8H,1-5H3/t6-,7?,8-/m0/s1. The summed E-state index contributed by atoms with van der Waals surface area (Å²) < 4.78 is 11.1. The van der Waals surface area contributed by atoms with Crippen molar-refractivity contribution >= 4 is 0 Å². The van der Waals surface area contributed by atoms with E-state index in [0.29, 0.717) is 0 Å². The maximum atomic E-state index is 5.62. The van der Waals surface area contributed by atoms with E-state index in [1.807, 2.05) is 6.92 Å². The van der Waals surface area contributed by atoms with Crippen molar-refractivity contribution in [3.05, 3.63) is 0 Å². The summed E-state index contributed by atoms with van der Waals surface area (Å²) in [6.45, 7) is 10.5. The summed E-state index contributed by atoms with van der Waals surface area (Å²) in [6, 6.07) is 0. The van der Waals surface area contributed by atoms with Crippen molar-refractivity contribution < 1.29 is 9.47 Å². The van der Waals surface area contributed by atoms with Crippen molar-refractivity contribution in [2.24, 2.45) is 5.41 Å². The van der Waals surface area contributed by atoms with Crippen molar-refractivity contribution in [1.29, 1.82) is 0 Å². The summed E-state index contributed by atoms with van der Waals surface area (Å²) in [4.78, 5) is 0. The molecule has 0 saturated carbocycles. The van der Waals surface area contributed by atoms with Crippen LogP contribution in [0, 0.1) is 5.41 Å². The van der Waals surface area contributed by atoms with Crippen molar-refractivity contribution in [3.63, 3.8) is 0 Å². The van der Waals surface area contributed by atoms with E-state index in [0.717, 1.165) is 0 Å². The third-order valence-electron chi connectivity index (χ3n) is 2.02. The Morgan fingerprint density at radius 2 is 1.55 bits per heavy atom. The molecule has 0 aromatic rings. The van der Waals surface area contributed by atoms with Gasteiger partial charge in [0.05, 0.1) is 12.2 Å². The number of hydrogen-bond acceptors (Lipinski definition) is 2. The zero-order valence-electron chi connectivity index (χ0n) is 8.05. The van der Waals surface area contributed by atoms with Crippen LogP contribution in [0.3, 0.4) is 0 Å². The Bertz CT molecular complexity index is 137. The minimum Gasteiger partial charge on any atom is -0.347 e. The number of ether oxygens (including phenoxy) is 2. The molecule has 1 saturated heterocycles. The summed E-state index contributed by atoms with van der Waals surface area (Å²) in [5.41, 5.74) is 0.185. The third kappa shape index (κ3) is 1.94. The molecule has 2 nitrogen and oxygen atoms in total. The van der Waals surface area contributed by atoms with Crippen molar-refractivity contribution in [2.45, 2.75) is 53.1 Å². The minimum absolute atomic E-state index is 0.0331. The fourth-order valence-corrected chi connectivity index (χ4v) is 1.63. The minimum atomic E-state index is -0.0331. The van der Waals surface area contributed by atoms with Gasteiger partial charge in [0.1, 0.15) is 0 Å². The van der Waals surface area contributed by atoms with Gasteiger partial charge >= 0.3 is 0 Å². The number of rotatable bonds is 0. The Balaban J connectivity index is 2.60. The Hall–Kier alpha value is -0.0800. The molecule has 1 heterocycles. The second-order valence-corrected chi connectivity index (χ2v) is 4.33. The fraction of sp³-hybridized carbons (Fsp3) is 1.00. The lowest BCUT2D eigenvalue weighted by Crippen LogP contribution is -2.33. The highest BCUT2D eigenvalue weighted by Gasteiger charge is 2.38. The molecule has 0 spiro atoms. The second kappa shape index (κ2) is 2.76. The van der Waals surface area contributed by atoms with Crippen LogP contribution in [0.4, 0.5) is 0 Å². The lowest BCUT2D eigenvalue weighted by Gasteiger charge is -2.27. The van der Waals surface area contributed by atoms with Crippen molar-refractivity contribution in [1.82, 2.24) is 0 Å². The Labute approximate surface area is 68.9 Å². The molecule has 1 unspecified atom stereocenters. The van der Waals surface area contributed by atoms with Gasteiger partial charge in [-0.1, -0.05) is 20.8 Å². The van der Waals surface area contributed by atoms with Gasteiger partial charge in [-0.2, -0.15) is 0 Å². The molecule has 66 valence electrons. The van der Waals surface area contributed by atoms with Crippen molar-refractivity contribution in [3.8, 4) is 0 Å². The quantitative estimate of drug-likeness (QED) is 0.538. The summed E-state index contributed by atoms with van der Waals surface area (Å²) in [7, 11) is 0. The average Bonchev–Trinajstić information content (AvgIpc) is 2.08. The maximum Gasteiger partial charge on any atom is 0.155 e. The van der Waals surface area contributed by atoms with Gasteiger partial charge in [-0.15, -0.1) is 0 Å². The van der Waals surface area contributed by atoms with Gasteiger partial charge in [0.15, 0.2) is 6.29 Å². The molecule has 1 aliphatic rings. The first-order valence-electron chi connectivity index (χ1n) is 4.22. The van der Waals surface area contributed by atoms with Crippen LogP contribution in [0.5, 0.6) is 0 Å². The summed E-state index contributed by atoms with van der Waals surface area (Å²) in [5.74, 6) is 0. The van der Waals surface area contributed by atoms with E-state index in [4.69, 9.17) is 9.47 Å². The van der Waals surface area contributed by atoms with Crippen LogP contribution in [0.2, 0.25) is 0 Å². The van der Waals surface area contributed by atoms with E-state index in [1.54, 1.807) is 0 Å². The van der Waals surface area contributed by atoms with Gasteiger partial charge in [-0.05, 0) is 19.3 Å². The monoisotopic (exact) mass is 158 g/mol. The molecular formula is C9H18O2. The maximum absolute atomic E-state index is 5.62. The van der Waals surface area contributed by atoms with Gasteiger partial charge in [0, 0.05) is 0 Å². The van der Waals surface area contributed by atoms with E-state index >= 15 is 0 Å². The SMILES string of the molecule is CC1O[C@@H](C)[C@@H](C(C)(C)C)O1. The normalized spacial score (nSPS) is 39.5. The molecule has 1 rings (SSSR count). The summed E-state index contributed by atoms with van der Waals surface area (Å²) in [6.07, 6.45) is 0.428. The molecule has 0 radical (unpaired) electrons. The lowest BCUT2D eigenvalue weighted by atomic mass is 9.86. The highest BCUT2D eigenvalue weighted by atomic mass is 16.7. The van der Waals surface area contributed by atoms with E-state index in [2.05, 4.69) is 27.7 Å². The second-order valence-electron chi connectivity index (χ2n) is 4.33. The Morgan fingerprint density at radius 3 is 1.73 bits per heavy atom. The molecule has 0 amide bonds. The van der Waals surface area contributed by atoms with E-state index in [-0.39, 0.29) is 23.9 Å². The fourth-order valence-electron chi connectivity index (χ4n) is 1.63. The molecule has 0 aromatic carbocycles. The van der Waals surface area contributed by atoms with Crippen LogP contribution >= 0.6 is 0 Å². The summed E-state index contributed by atoms with van der Waals surface area (Å²) >= 11 is 0. The van der Waals surface area contributed by atoms with Gasteiger partial charge in [0.25, 0.3) is 0 Å². The van der Waals surface area contributed by atoms with Crippen LogP contribution < -0.4 is 0 Å².